The standard InChI is InChI=1S/C16H12N2O2/c19-12-20-16-11-15(13-7-3-1-4-8-13)17-18(16)14-9-5-2-6-10-14/h1-12H. The number of nitrogens with zero attached hydrogens (tertiary/aromatic N) is 2. The third-order valence-electron chi connectivity index (χ3n) is 2.92. The van der Waals surface area contributed by atoms with Gasteiger partial charge in [-0.05, 0) is 12.1 Å². The Kier molecular flexibility index (Phi) is 3.29. The predicted octanol–water partition coefficient (Wildman–Crippen LogP) is 3.07. The van der Waals surface area contributed by atoms with Gasteiger partial charge in [0.05, 0.1) is 11.4 Å². The minimum absolute atomic E-state index is 0.394. The van der Waals surface area contributed by atoms with E-state index >= 15 is 0 Å². The van der Waals surface area contributed by atoms with Crippen LogP contribution in [0.5, 0.6) is 5.88 Å². The van der Waals surface area contributed by atoms with Gasteiger partial charge in [0.15, 0.2) is 0 Å². The first-order valence-electron chi connectivity index (χ1n) is 6.20. The highest BCUT2D eigenvalue weighted by molar-refractivity contribution is 5.62. The zero-order chi connectivity index (χ0) is 13.8. The van der Waals surface area contributed by atoms with Gasteiger partial charge < -0.3 is 4.74 Å². The van der Waals surface area contributed by atoms with Gasteiger partial charge in [0.2, 0.25) is 5.88 Å². The minimum atomic E-state index is 0.394. The number of carbonyl (C=O) groups is 1. The number of aromatic nitrogens is 2. The first-order chi connectivity index (χ1) is 9.88. The van der Waals surface area contributed by atoms with Gasteiger partial charge in [0.1, 0.15) is 0 Å². The molecule has 0 amide bonds. The van der Waals surface area contributed by atoms with Crippen LogP contribution in [0.4, 0.5) is 0 Å². The molecule has 0 spiro atoms. The average Bonchev–Trinajstić information content (AvgIpc) is 2.94. The van der Waals surface area contributed by atoms with E-state index in [0.29, 0.717) is 12.4 Å². The number of hydrogen-bond acceptors (Lipinski definition) is 3. The fourth-order valence-electron chi connectivity index (χ4n) is 2.00. The fourth-order valence-corrected chi connectivity index (χ4v) is 2.00. The van der Waals surface area contributed by atoms with Gasteiger partial charge in [-0.3, -0.25) is 4.79 Å². The van der Waals surface area contributed by atoms with E-state index in [2.05, 4.69) is 5.10 Å². The van der Waals surface area contributed by atoms with Crippen molar-refractivity contribution < 1.29 is 9.53 Å². The van der Waals surface area contributed by atoms with Gasteiger partial charge in [-0.15, -0.1) is 0 Å². The van der Waals surface area contributed by atoms with Crippen LogP contribution >= 0.6 is 0 Å². The Morgan fingerprint density at radius 2 is 1.60 bits per heavy atom. The Morgan fingerprint density at radius 3 is 2.25 bits per heavy atom. The van der Waals surface area contributed by atoms with Gasteiger partial charge in [0.25, 0.3) is 6.47 Å². The summed E-state index contributed by atoms with van der Waals surface area (Å²) in [6, 6.07) is 21.0. The monoisotopic (exact) mass is 264 g/mol. The molecular weight excluding hydrogens is 252 g/mol. The van der Waals surface area contributed by atoms with Crippen LogP contribution in [-0.2, 0) is 4.79 Å². The lowest BCUT2D eigenvalue weighted by Gasteiger charge is -2.03. The lowest BCUT2D eigenvalue weighted by atomic mass is 10.2. The summed E-state index contributed by atoms with van der Waals surface area (Å²) in [4.78, 5) is 10.6. The van der Waals surface area contributed by atoms with E-state index in [0.717, 1.165) is 16.9 Å². The van der Waals surface area contributed by atoms with Crippen molar-refractivity contribution in [3.05, 3.63) is 66.7 Å². The molecule has 0 aliphatic heterocycles. The molecule has 0 N–H and O–H groups in total. The Hall–Kier alpha value is -2.88. The molecule has 0 fully saturated rings. The minimum Gasteiger partial charge on any atom is -0.410 e. The molecule has 3 aromatic rings. The van der Waals surface area contributed by atoms with Crippen molar-refractivity contribution >= 4 is 6.47 Å². The molecule has 0 saturated carbocycles. The van der Waals surface area contributed by atoms with Gasteiger partial charge in [0, 0.05) is 11.6 Å². The first-order valence-corrected chi connectivity index (χ1v) is 6.20. The Labute approximate surface area is 116 Å². The quantitative estimate of drug-likeness (QED) is 0.680. The van der Waals surface area contributed by atoms with E-state index in [1.807, 2.05) is 60.7 Å². The summed E-state index contributed by atoms with van der Waals surface area (Å²) in [7, 11) is 0. The molecule has 98 valence electrons. The Balaban J connectivity index is 2.10. The summed E-state index contributed by atoms with van der Waals surface area (Å²) in [6.45, 7) is 0.408. The fraction of sp³-hybridized carbons (Fsp3) is 0. The smallest absolute Gasteiger partial charge is 0.299 e. The lowest BCUT2D eigenvalue weighted by Crippen LogP contribution is -2.01. The second kappa shape index (κ2) is 5.40. The molecule has 1 heterocycles. The normalized spacial score (nSPS) is 10.2. The number of carbonyl (C=O) groups excluding carboxylic acids is 1. The second-order valence-electron chi connectivity index (χ2n) is 4.20. The molecule has 1 aromatic heterocycles. The van der Waals surface area contributed by atoms with Gasteiger partial charge >= 0.3 is 0 Å². The molecule has 0 aliphatic rings. The molecule has 0 saturated heterocycles. The third kappa shape index (κ3) is 2.31. The van der Waals surface area contributed by atoms with E-state index in [-0.39, 0.29) is 0 Å². The van der Waals surface area contributed by atoms with Gasteiger partial charge in [-0.2, -0.15) is 5.10 Å². The molecule has 0 bridgehead atoms. The maximum Gasteiger partial charge on any atom is 0.299 e. The molecule has 0 radical (unpaired) electrons. The molecule has 0 aliphatic carbocycles. The summed E-state index contributed by atoms with van der Waals surface area (Å²) < 4.78 is 6.62. The highest BCUT2D eigenvalue weighted by Crippen LogP contribution is 2.25. The summed E-state index contributed by atoms with van der Waals surface area (Å²) >= 11 is 0. The van der Waals surface area contributed by atoms with Crippen molar-refractivity contribution in [2.24, 2.45) is 0 Å². The van der Waals surface area contributed by atoms with Crippen LogP contribution in [0.3, 0.4) is 0 Å². The van der Waals surface area contributed by atoms with Crippen LogP contribution in [-0.4, -0.2) is 16.3 Å². The van der Waals surface area contributed by atoms with E-state index in [4.69, 9.17) is 4.74 Å². The van der Waals surface area contributed by atoms with Crippen molar-refractivity contribution in [3.8, 4) is 22.8 Å². The zero-order valence-electron chi connectivity index (χ0n) is 10.6. The molecule has 4 heteroatoms. The van der Waals surface area contributed by atoms with Crippen molar-refractivity contribution in [1.82, 2.24) is 9.78 Å². The van der Waals surface area contributed by atoms with E-state index in [1.54, 1.807) is 10.7 Å². The van der Waals surface area contributed by atoms with E-state index in [1.165, 1.54) is 0 Å². The van der Waals surface area contributed by atoms with Crippen LogP contribution in [0.15, 0.2) is 66.7 Å². The predicted molar refractivity (Wildman–Crippen MR) is 75.7 cm³/mol. The Morgan fingerprint density at radius 1 is 0.950 bits per heavy atom. The SMILES string of the molecule is O=COc1cc(-c2ccccc2)nn1-c1ccccc1. The molecule has 0 unspecified atom stereocenters. The topological polar surface area (TPSA) is 44.1 Å². The van der Waals surface area contributed by atoms with Crippen LogP contribution in [0, 0.1) is 0 Å². The first kappa shape index (κ1) is 12.2. The molecule has 3 rings (SSSR count). The molecule has 2 aromatic carbocycles. The van der Waals surface area contributed by atoms with Crippen LogP contribution < -0.4 is 4.74 Å². The van der Waals surface area contributed by atoms with E-state index < -0.39 is 0 Å². The van der Waals surface area contributed by atoms with Crippen molar-refractivity contribution in [1.29, 1.82) is 0 Å². The number of hydrogen-bond donors (Lipinski definition) is 0. The summed E-state index contributed by atoms with van der Waals surface area (Å²) in [5, 5.41) is 4.50. The average molecular weight is 264 g/mol. The molecule has 20 heavy (non-hydrogen) atoms. The van der Waals surface area contributed by atoms with Crippen molar-refractivity contribution in [2.45, 2.75) is 0 Å². The summed E-state index contributed by atoms with van der Waals surface area (Å²) in [6.07, 6.45) is 0. The maximum atomic E-state index is 10.6. The summed E-state index contributed by atoms with van der Waals surface area (Å²) in [5.41, 5.74) is 2.57. The maximum absolute atomic E-state index is 10.6. The Bertz CT molecular complexity index is 706. The van der Waals surface area contributed by atoms with Gasteiger partial charge in [-0.25, -0.2) is 4.68 Å². The number of para-hydroxylation sites is 1. The van der Waals surface area contributed by atoms with Crippen molar-refractivity contribution in [2.75, 3.05) is 0 Å². The third-order valence-corrected chi connectivity index (χ3v) is 2.92. The number of benzene rings is 2. The number of rotatable bonds is 4. The van der Waals surface area contributed by atoms with Crippen LogP contribution in [0.2, 0.25) is 0 Å². The van der Waals surface area contributed by atoms with Gasteiger partial charge in [-0.1, -0.05) is 48.5 Å². The molecule has 0 atom stereocenters. The van der Waals surface area contributed by atoms with Crippen molar-refractivity contribution in [3.63, 3.8) is 0 Å². The largest absolute Gasteiger partial charge is 0.410 e. The molecule has 4 nitrogen and oxygen atoms in total. The van der Waals surface area contributed by atoms with E-state index in [9.17, 15) is 4.79 Å². The zero-order valence-corrected chi connectivity index (χ0v) is 10.6. The highest BCUT2D eigenvalue weighted by atomic mass is 16.5. The van der Waals surface area contributed by atoms with Crippen LogP contribution in [0.25, 0.3) is 16.9 Å². The lowest BCUT2D eigenvalue weighted by molar-refractivity contribution is -0.121. The second-order valence-corrected chi connectivity index (χ2v) is 4.20. The molecular formula is C16H12N2O2. The van der Waals surface area contributed by atoms with Crippen LogP contribution in [0.1, 0.15) is 0 Å². The number of ether oxygens (including phenoxy) is 1. The highest BCUT2D eigenvalue weighted by Gasteiger charge is 2.11. The summed E-state index contributed by atoms with van der Waals surface area (Å²) in [5.74, 6) is 0.394.